The second kappa shape index (κ2) is 6.88. The molecule has 0 heterocycles. The maximum absolute atomic E-state index is 9.03. The molecule has 1 atom stereocenters. The van der Waals surface area contributed by atoms with Crippen LogP contribution in [0.25, 0.3) is 0 Å². The van der Waals surface area contributed by atoms with Crippen LogP contribution >= 0.6 is 11.8 Å². The zero-order chi connectivity index (χ0) is 11.1. The van der Waals surface area contributed by atoms with Crippen molar-refractivity contribution in [3.63, 3.8) is 0 Å². The van der Waals surface area contributed by atoms with Gasteiger partial charge in [0.25, 0.3) is 0 Å². The van der Waals surface area contributed by atoms with E-state index in [2.05, 4.69) is 30.6 Å². The van der Waals surface area contributed by atoms with Crippen molar-refractivity contribution >= 4 is 11.8 Å². The van der Waals surface area contributed by atoms with E-state index in [0.717, 1.165) is 17.9 Å². The highest BCUT2D eigenvalue weighted by Gasteiger charge is 2.04. The van der Waals surface area contributed by atoms with E-state index < -0.39 is 0 Å². The highest BCUT2D eigenvalue weighted by molar-refractivity contribution is 7.98. The number of benzene rings is 1. The van der Waals surface area contributed by atoms with Gasteiger partial charge in [0.15, 0.2) is 0 Å². The molecule has 0 aliphatic rings. The van der Waals surface area contributed by atoms with E-state index in [0.29, 0.717) is 6.04 Å². The third kappa shape index (κ3) is 4.24. The average molecular weight is 225 g/mol. The van der Waals surface area contributed by atoms with Crippen LogP contribution in [0.3, 0.4) is 0 Å². The van der Waals surface area contributed by atoms with Gasteiger partial charge in [-0.25, -0.2) is 0 Å². The zero-order valence-electron chi connectivity index (χ0n) is 9.36. The molecule has 3 heteroatoms. The highest BCUT2D eigenvalue weighted by Crippen LogP contribution is 2.14. The van der Waals surface area contributed by atoms with Crippen molar-refractivity contribution in [3.8, 4) is 0 Å². The maximum atomic E-state index is 9.03. The normalized spacial score (nSPS) is 12.7. The minimum Gasteiger partial charge on any atom is -0.392 e. The van der Waals surface area contributed by atoms with E-state index >= 15 is 0 Å². The van der Waals surface area contributed by atoms with Gasteiger partial charge in [0.05, 0.1) is 6.61 Å². The van der Waals surface area contributed by atoms with Crippen LogP contribution in [0.2, 0.25) is 0 Å². The molecule has 0 saturated heterocycles. The van der Waals surface area contributed by atoms with Crippen molar-refractivity contribution in [2.75, 3.05) is 18.6 Å². The summed E-state index contributed by atoms with van der Waals surface area (Å²) < 4.78 is 0. The van der Waals surface area contributed by atoms with Gasteiger partial charge in [-0.2, -0.15) is 11.8 Å². The molecule has 1 aromatic carbocycles. The molecule has 0 amide bonds. The molecule has 0 saturated carbocycles. The lowest BCUT2D eigenvalue weighted by atomic mass is 10.1. The Hall–Kier alpha value is -0.510. The third-order valence-electron chi connectivity index (χ3n) is 2.39. The molecular formula is C12H19NOS. The Morgan fingerprint density at radius 3 is 2.93 bits per heavy atom. The molecule has 2 nitrogen and oxygen atoms in total. The number of aliphatic hydroxyl groups excluding tert-OH is 1. The first-order valence-corrected chi connectivity index (χ1v) is 6.59. The lowest BCUT2D eigenvalue weighted by Gasteiger charge is -2.14. The largest absolute Gasteiger partial charge is 0.392 e. The van der Waals surface area contributed by atoms with Crippen LogP contribution in [0.15, 0.2) is 24.3 Å². The first kappa shape index (κ1) is 12.6. The molecule has 1 unspecified atom stereocenters. The van der Waals surface area contributed by atoms with Gasteiger partial charge in [-0.15, -0.1) is 0 Å². The molecule has 0 fully saturated rings. The van der Waals surface area contributed by atoms with E-state index in [4.69, 9.17) is 5.11 Å². The number of hydrogen-bond donors (Lipinski definition) is 2. The molecule has 0 radical (unpaired) electrons. The van der Waals surface area contributed by atoms with Crippen LogP contribution in [0, 0.1) is 0 Å². The van der Waals surface area contributed by atoms with Crippen LogP contribution < -0.4 is 5.32 Å². The van der Waals surface area contributed by atoms with Crippen molar-refractivity contribution in [3.05, 3.63) is 35.4 Å². The average Bonchev–Trinajstić information content (AvgIpc) is 2.29. The molecule has 0 aliphatic heterocycles. The summed E-state index contributed by atoms with van der Waals surface area (Å²) in [4.78, 5) is 0. The van der Waals surface area contributed by atoms with Crippen LogP contribution in [0.5, 0.6) is 0 Å². The van der Waals surface area contributed by atoms with Crippen molar-refractivity contribution in [1.82, 2.24) is 5.32 Å². The van der Waals surface area contributed by atoms with Crippen LogP contribution in [-0.4, -0.2) is 23.7 Å². The second-order valence-electron chi connectivity index (χ2n) is 3.57. The van der Waals surface area contributed by atoms with Crippen molar-refractivity contribution in [2.45, 2.75) is 19.6 Å². The molecule has 0 aromatic heterocycles. The maximum Gasteiger partial charge on any atom is 0.0681 e. The van der Waals surface area contributed by atoms with Gasteiger partial charge in [0.2, 0.25) is 0 Å². The molecule has 0 aliphatic carbocycles. The van der Waals surface area contributed by atoms with Gasteiger partial charge in [-0.05, 0) is 24.3 Å². The van der Waals surface area contributed by atoms with Crippen LogP contribution in [-0.2, 0) is 6.61 Å². The SMILES string of the molecule is CSCCNC(C)c1cccc(CO)c1. The Morgan fingerprint density at radius 2 is 2.27 bits per heavy atom. The molecule has 2 N–H and O–H groups in total. The number of aliphatic hydroxyl groups is 1. The third-order valence-corrected chi connectivity index (χ3v) is 3.00. The monoisotopic (exact) mass is 225 g/mol. The number of nitrogens with one attached hydrogen (secondary N) is 1. The van der Waals surface area contributed by atoms with Gasteiger partial charge < -0.3 is 10.4 Å². The summed E-state index contributed by atoms with van der Waals surface area (Å²) in [6.45, 7) is 3.29. The summed E-state index contributed by atoms with van der Waals surface area (Å²) >= 11 is 1.84. The van der Waals surface area contributed by atoms with Gasteiger partial charge in [0.1, 0.15) is 0 Å². The first-order chi connectivity index (χ1) is 7.27. The summed E-state index contributed by atoms with van der Waals surface area (Å²) in [6.07, 6.45) is 2.11. The Bertz CT molecular complexity index is 291. The molecule has 84 valence electrons. The van der Waals surface area contributed by atoms with Gasteiger partial charge in [-0.3, -0.25) is 0 Å². The van der Waals surface area contributed by atoms with E-state index in [1.807, 2.05) is 23.9 Å². The molecule has 15 heavy (non-hydrogen) atoms. The summed E-state index contributed by atoms with van der Waals surface area (Å²) in [6, 6.07) is 8.43. The highest BCUT2D eigenvalue weighted by atomic mass is 32.2. The molecule has 1 rings (SSSR count). The molecule has 0 bridgehead atoms. The summed E-state index contributed by atoms with van der Waals surface area (Å²) in [7, 11) is 0. The smallest absolute Gasteiger partial charge is 0.0681 e. The zero-order valence-corrected chi connectivity index (χ0v) is 10.2. The second-order valence-corrected chi connectivity index (χ2v) is 4.56. The van der Waals surface area contributed by atoms with E-state index in [-0.39, 0.29) is 6.61 Å². The fraction of sp³-hybridized carbons (Fsp3) is 0.500. The fourth-order valence-corrected chi connectivity index (χ4v) is 1.78. The summed E-state index contributed by atoms with van der Waals surface area (Å²) in [5.41, 5.74) is 2.22. The minimum atomic E-state index is 0.116. The molecular weight excluding hydrogens is 206 g/mol. The first-order valence-electron chi connectivity index (χ1n) is 5.20. The molecule has 0 spiro atoms. The fourth-order valence-electron chi connectivity index (χ4n) is 1.46. The predicted octanol–water partition coefficient (Wildman–Crippen LogP) is 2.19. The van der Waals surface area contributed by atoms with E-state index in [1.165, 1.54) is 5.56 Å². The predicted molar refractivity (Wildman–Crippen MR) is 67.2 cm³/mol. The van der Waals surface area contributed by atoms with Crippen molar-refractivity contribution in [2.24, 2.45) is 0 Å². The Kier molecular flexibility index (Phi) is 5.76. The number of hydrogen-bond acceptors (Lipinski definition) is 3. The standard InChI is InChI=1S/C12H19NOS/c1-10(13-6-7-15-2)12-5-3-4-11(8-12)9-14/h3-5,8,10,13-14H,6-7,9H2,1-2H3. The Morgan fingerprint density at radius 1 is 1.47 bits per heavy atom. The van der Waals surface area contributed by atoms with Crippen molar-refractivity contribution < 1.29 is 5.11 Å². The topological polar surface area (TPSA) is 32.3 Å². The summed E-state index contributed by atoms with van der Waals surface area (Å²) in [5.74, 6) is 1.13. The number of rotatable bonds is 6. The Balaban J connectivity index is 2.52. The lowest BCUT2D eigenvalue weighted by Crippen LogP contribution is -2.21. The minimum absolute atomic E-state index is 0.116. The summed E-state index contributed by atoms with van der Waals surface area (Å²) in [5, 5.41) is 12.5. The van der Waals surface area contributed by atoms with Crippen LogP contribution in [0.4, 0.5) is 0 Å². The number of thioether (sulfide) groups is 1. The molecule has 1 aromatic rings. The van der Waals surface area contributed by atoms with Crippen LogP contribution in [0.1, 0.15) is 24.1 Å². The van der Waals surface area contributed by atoms with Gasteiger partial charge in [0, 0.05) is 18.3 Å². The van der Waals surface area contributed by atoms with Gasteiger partial charge >= 0.3 is 0 Å². The van der Waals surface area contributed by atoms with Gasteiger partial charge in [-0.1, -0.05) is 24.3 Å². The quantitative estimate of drug-likeness (QED) is 0.728. The lowest BCUT2D eigenvalue weighted by molar-refractivity contribution is 0.281. The Labute approximate surface area is 96.1 Å². The van der Waals surface area contributed by atoms with Crippen molar-refractivity contribution in [1.29, 1.82) is 0 Å². The van der Waals surface area contributed by atoms with E-state index in [1.54, 1.807) is 0 Å². The van der Waals surface area contributed by atoms with E-state index in [9.17, 15) is 0 Å².